The Morgan fingerprint density at radius 1 is 1.33 bits per heavy atom. The summed E-state index contributed by atoms with van der Waals surface area (Å²) in [5.41, 5.74) is -0.466. The molecule has 1 heterocycles. The highest BCUT2D eigenvalue weighted by atomic mass is 16.3. The number of nitrogens with one attached hydrogen (secondary N) is 1. The van der Waals surface area contributed by atoms with Gasteiger partial charge >= 0.3 is 0 Å². The van der Waals surface area contributed by atoms with Crippen molar-refractivity contribution < 1.29 is 5.11 Å². The topological polar surface area (TPSA) is 35.5 Å². The molecule has 2 N–H and O–H groups in total. The molecule has 2 aliphatic rings. The van der Waals surface area contributed by atoms with Crippen LogP contribution in [0.5, 0.6) is 0 Å². The first-order chi connectivity index (χ1) is 7.20. The van der Waals surface area contributed by atoms with Crippen molar-refractivity contribution in [2.24, 2.45) is 0 Å². The number of hydrogen-bond donors (Lipinski definition) is 2. The van der Waals surface area contributed by atoms with Gasteiger partial charge in [0.2, 0.25) is 0 Å². The van der Waals surface area contributed by atoms with Crippen molar-refractivity contribution >= 4 is 0 Å². The third kappa shape index (κ3) is 2.92. The first-order valence-electron chi connectivity index (χ1n) is 6.33. The van der Waals surface area contributed by atoms with E-state index in [0.29, 0.717) is 6.04 Å². The average molecular weight is 212 g/mol. The number of hydrogen-bond acceptors (Lipinski definition) is 3. The lowest BCUT2D eigenvalue weighted by Crippen LogP contribution is -2.47. The summed E-state index contributed by atoms with van der Waals surface area (Å²) in [5.74, 6) is 0. The van der Waals surface area contributed by atoms with Crippen molar-refractivity contribution in [1.29, 1.82) is 0 Å². The molecule has 15 heavy (non-hydrogen) atoms. The van der Waals surface area contributed by atoms with Gasteiger partial charge in [-0.3, -0.25) is 0 Å². The van der Waals surface area contributed by atoms with Gasteiger partial charge in [-0.05, 0) is 32.9 Å². The van der Waals surface area contributed by atoms with E-state index < -0.39 is 5.60 Å². The van der Waals surface area contributed by atoms with Gasteiger partial charge in [-0.1, -0.05) is 19.3 Å². The van der Waals surface area contributed by atoms with Gasteiger partial charge in [0, 0.05) is 19.1 Å². The van der Waals surface area contributed by atoms with Crippen LogP contribution in [0.1, 0.15) is 38.5 Å². The molecule has 0 aromatic heterocycles. The largest absolute Gasteiger partial charge is 0.387 e. The Bertz CT molecular complexity index is 196. The van der Waals surface area contributed by atoms with Gasteiger partial charge in [0.05, 0.1) is 5.60 Å². The molecule has 1 aliphatic heterocycles. The van der Waals surface area contributed by atoms with Crippen molar-refractivity contribution in [2.75, 3.05) is 26.7 Å². The molecule has 0 amide bonds. The Morgan fingerprint density at radius 2 is 2.07 bits per heavy atom. The Kier molecular flexibility index (Phi) is 3.65. The first kappa shape index (κ1) is 11.4. The molecule has 2 fully saturated rings. The summed E-state index contributed by atoms with van der Waals surface area (Å²) in [6, 6.07) is 0.711. The Balaban J connectivity index is 1.82. The standard InChI is InChI=1S/C12H24N2O/c1-14(11-5-3-2-4-6-11)10-12(15)7-8-13-9-12/h11,13,15H,2-10H2,1H3. The zero-order valence-electron chi connectivity index (χ0n) is 9.84. The highest BCUT2D eigenvalue weighted by Crippen LogP contribution is 2.24. The molecule has 0 radical (unpaired) electrons. The molecule has 0 aromatic rings. The summed E-state index contributed by atoms with van der Waals surface area (Å²) in [6.07, 6.45) is 7.68. The minimum absolute atomic E-state index is 0.466. The molecule has 2 rings (SSSR count). The van der Waals surface area contributed by atoms with Crippen LogP contribution in [0.3, 0.4) is 0 Å². The van der Waals surface area contributed by atoms with Gasteiger partial charge < -0.3 is 15.3 Å². The minimum Gasteiger partial charge on any atom is -0.387 e. The van der Waals surface area contributed by atoms with E-state index in [9.17, 15) is 5.11 Å². The molecule has 3 heteroatoms. The predicted octanol–water partition coefficient (Wildman–Crippen LogP) is 0.975. The predicted molar refractivity (Wildman–Crippen MR) is 61.9 cm³/mol. The van der Waals surface area contributed by atoms with Crippen LogP contribution >= 0.6 is 0 Å². The average Bonchev–Trinajstić information content (AvgIpc) is 2.66. The lowest BCUT2D eigenvalue weighted by Gasteiger charge is -2.35. The van der Waals surface area contributed by atoms with Crippen LogP contribution in [0.25, 0.3) is 0 Å². The van der Waals surface area contributed by atoms with Gasteiger partial charge in [0.15, 0.2) is 0 Å². The van der Waals surface area contributed by atoms with E-state index in [0.717, 1.165) is 26.1 Å². The normalized spacial score (nSPS) is 33.8. The van der Waals surface area contributed by atoms with Gasteiger partial charge in [0.25, 0.3) is 0 Å². The summed E-state index contributed by atoms with van der Waals surface area (Å²) in [6.45, 7) is 2.57. The number of aliphatic hydroxyl groups is 1. The van der Waals surface area contributed by atoms with Crippen LogP contribution in [0.15, 0.2) is 0 Å². The molecule has 0 aromatic carbocycles. The Morgan fingerprint density at radius 3 is 2.67 bits per heavy atom. The fourth-order valence-electron chi connectivity index (χ4n) is 2.98. The van der Waals surface area contributed by atoms with E-state index >= 15 is 0 Å². The van der Waals surface area contributed by atoms with Gasteiger partial charge in [0.1, 0.15) is 0 Å². The molecular formula is C12H24N2O. The first-order valence-corrected chi connectivity index (χ1v) is 6.33. The summed E-state index contributed by atoms with van der Waals surface area (Å²) < 4.78 is 0. The van der Waals surface area contributed by atoms with Crippen LogP contribution in [0, 0.1) is 0 Å². The molecule has 0 bridgehead atoms. The van der Waals surface area contributed by atoms with Crippen molar-refractivity contribution in [3.8, 4) is 0 Å². The van der Waals surface area contributed by atoms with Gasteiger partial charge in [-0.2, -0.15) is 0 Å². The summed E-state index contributed by atoms with van der Waals surface area (Å²) >= 11 is 0. The molecule has 1 unspecified atom stereocenters. The third-order valence-electron chi connectivity index (χ3n) is 3.96. The van der Waals surface area contributed by atoms with E-state index in [4.69, 9.17) is 0 Å². The maximum atomic E-state index is 10.3. The van der Waals surface area contributed by atoms with Crippen LogP contribution in [-0.2, 0) is 0 Å². The molecule has 1 saturated heterocycles. The fourth-order valence-corrected chi connectivity index (χ4v) is 2.98. The van der Waals surface area contributed by atoms with Crippen molar-refractivity contribution in [3.05, 3.63) is 0 Å². The number of likely N-dealkylation sites (N-methyl/N-ethyl adjacent to an activating group) is 1. The summed E-state index contributed by atoms with van der Waals surface area (Å²) in [5, 5.41) is 13.5. The van der Waals surface area contributed by atoms with Crippen LogP contribution in [-0.4, -0.2) is 48.3 Å². The molecule has 1 aliphatic carbocycles. The smallest absolute Gasteiger partial charge is 0.0909 e. The van der Waals surface area contributed by atoms with E-state index in [1.165, 1.54) is 32.1 Å². The van der Waals surface area contributed by atoms with Gasteiger partial charge in [-0.15, -0.1) is 0 Å². The molecular weight excluding hydrogens is 188 g/mol. The van der Waals surface area contributed by atoms with Crippen LogP contribution < -0.4 is 5.32 Å². The van der Waals surface area contributed by atoms with E-state index in [2.05, 4.69) is 17.3 Å². The van der Waals surface area contributed by atoms with Crippen LogP contribution in [0.2, 0.25) is 0 Å². The second-order valence-corrected chi connectivity index (χ2v) is 5.36. The second-order valence-electron chi connectivity index (χ2n) is 5.36. The van der Waals surface area contributed by atoms with E-state index in [1.54, 1.807) is 0 Å². The third-order valence-corrected chi connectivity index (χ3v) is 3.96. The van der Waals surface area contributed by atoms with E-state index in [1.807, 2.05) is 0 Å². The summed E-state index contributed by atoms with van der Waals surface area (Å²) in [7, 11) is 2.17. The molecule has 3 nitrogen and oxygen atoms in total. The minimum atomic E-state index is -0.466. The van der Waals surface area contributed by atoms with Crippen molar-refractivity contribution in [2.45, 2.75) is 50.2 Å². The monoisotopic (exact) mass is 212 g/mol. The van der Waals surface area contributed by atoms with Gasteiger partial charge in [-0.25, -0.2) is 0 Å². The Labute approximate surface area is 92.8 Å². The molecule has 1 atom stereocenters. The molecule has 88 valence electrons. The fraction of sp³-hybridized carbons (Fsp3) is 1.00. The summed E-state index contributed by atoms with van der Waals surface area (Å²) in [4.78, 5) is 2.38. The number of β-amino-alcohol motifs (C(OH)–C–C–N with tert-alkyl or cyclic N) is 1. The van der Waals surface area contributed by atoms with Crippen molar-refractivity contribution in [3.63, 3.8) is 0 Å². The highest BCUT2D eigenvalue weighted by Gasteiger charge is 2.33. The quantitative estimate of drug-likeness (QED) is 0.732. The van der Waals surface area contributed by atoms with E-state index in [-0.39, 0.29) is 0 Å². The molecule has 0 spiro atoms. The zero-order valence-corrected chi connectivity index (χ0v) is 9.84. The lowest BCUT2D eigenvalue weighted by molar-refractivity contribution is 0.0114. The van der Waals surface area contributed by atoms with Crippen molar-refractivity contribution in [1.82, 2.24) is 10.2 Å². The highest BCUT2D eigenvalue weighted by molar-refractivity contribution is 4.91. The lowest BCUT2D eigenvalue weighted by atomic mass is 9.93. The Hall–Kier alpha value is -0.120. The number of nitrogens with zero attached hydrogens (tertiary/aromatic N) is 1. The zero-order chi connectivity index (χ0) is 10.7. The number of rotatable bonds is 3. The van der Waals surface area contributed by atoms with Crippen LogP contribution in [0.4, 0.5) is 0 Å². The maximum absolute atomic E-state index is 10.3. The SMILES string of the molecule is CN(CC1(O)CCNC1)C1CCCCC1. The maximum Gasteiger partial charge on any atom is 0.0909 e. The second kappa shape index (κ2) is 4.81. The molecule has 1 saturated carbocycles.